The highest BCUT2D eigenvalue weighted by molar-refractivity contribution is 7.92. The predicted molar refractivity (Wildman–Crippen MR) is 210 cm³/mol. The van der Waals surface area contributed by atoms with Crippen LogP contribution in [-0.2, 0) is 29.5 Å². The number of phenols is 2. The fourth-order valence-corrected chi connectivity index (χ4v) is 9.18. The van der Waals surface area contributed by atoms with Gasteiger partial charge in [0.25, 0.3) is 0 Å². The number of phenolic OH excluding ortho intramolecular Hbond substituents is 2. The molecule has 6 rings (SSSR count). The first-order valence-electron chi connectivity index (χ1n) is 17.6. The molecule has 15 heteroatoms. The molecule has 6 aromatic rings. The van der Waals surface area contributed by atoms with E-state index in [0.717, 1.165) is 0 Å². The molecule has 0 aliphatic carbocycles. The molecule has 57 heavy (non-hydrogen) atoms. The number of hydrogen-bond donors (Lipinski definition) is 2. The summed E-state index contributed by atoms with van der Waals surface area (Å²) in [5, 5.41) is 18.8. The lowest BCUT2D eigenvalue weighted by Gasteiger charge is -2.11. The van der Waals surface area contributed by atoms with Gasteiger partial charge in [0.15, 0.2) is 0 Å². The summed E-state index contributed by atoms with van der Waals surface area (Å²) >= 11 is 0. The van der Waals surface area contributed by atoms with Crippen LogP contribution in [0.3, 0.4) is 0 Å². The number of rotatable bonds is 18. The van der Waals surface area contributed by atoms with Crippen LogP contribution in [0.2, 0.25) is 0 Å². The van der Waals surface area contributed by atoms with E-state index in [1.807, 2.05) is 0 Å². The molecule has 0 fully saturated rings. The summed E-state index contributed by atoms with van der Waals surface area (Å²) in [6, 6.07) is 34.9. The summed E-state index contributed by atoms with van der Waals surface area (Å²) in [5.74, 6) is 1.91. The van der Waals surface area contributed by atoms with Gasteiger partial charge in [-0.1, -0.05) is 0 Å². The maximum atomic E-state index is 13.2. The van der Waals surface area contributed by atoms with E-state index in [9.17, 15) is 35.5 Å². The molecule has 0 saturated heterocycles. The maximum Gasteiger partial charge on any atom is 0.206 e. The lowest BCUT2D eigenvalue weighted by Crippen LogP contribution is -2.06. The van der Waals surface area contributed by atoms with Gasteiger partial charge in [-0.15, -0.1) is 0 Å². The SMILES string of the molecule is O=S(=O)(c1ccc(O)cc1)c1ccc(OCCCOc2ccc(S(=O)(=O)c3ccc(OCCCOc4ccc(S(=O)(=O)c5ccc(O)cc5)cc4)cc3)cc2)cc1. The monoisotopic (exact) mass is 830 g/mol. The van der Waals surface area contributed by atoms with Crippen LogP contribution in [-0.4, -0.2) is 61.9 Å². The Morgan fingerprint density at radius 1 is 0.298 bits per heavy atom. The molecule has 0 amide bonds. The first-order chi connectivity index (χ1) is 27.3. The minimum absolute atomic E-state index is 0.0231. The van der Waals surface area contributed by atoms with Crippen molar-refractivity contribution in [2.45, 2.75) is 42.2 Å². The first-order valence-corrected chi connectivity index (χ1v) is 22.0. The van der Waals surface area contributed by atoms with E-state index < -0.39 is 29.5 Å². The van der Waals surface area contributed by atoms with Gasteiger partial charge in [-0.25, -0.2) is 25.3 Å². The molecule has 0 aliphatic rings. The largest absolute Gasteiger partial charge is 0.508 e. The van der Waals surface area contributed by atoms with Gasteiger partial charge in [0, 0.05) is 12.8 Å². The molecule has 0 aliphatic heterocycles. The van der Waals surface area contributed by atoms with Crippen molar-refractivity contribution in [1.29, 1.82) is 0 Å². The Hall–Kier alpha value is -6.03. The first kappa shape index (κ1) is 40.6. The molecule has 0 atom stereocenters. The number of hydrogen-bond acceptors (Lipinski definition) is 12. The van der Waals surface area contributed by atoms with Crippen LogP contribution >= 0.6 is 0 Å². The molecule has 6 aromatic carbocycles. The zero-order valence-electron chi connectivity index (χ0n) is 30.3. The second-order valence-electron chi connectivity index (χ2n) is 12.5. The smallest absolute Gasteiger partial charge is 0.206 e. The van der Waals surface area contributed by atoms with Gasteiger partial charge in [-0.05, 0) is 146 Å². The third kappa shape index (κ3) is 10.2. The van der Waals surface area contributed by atoms with E-state index in [2.05, 4.69) is 0 Å². The standard InChI is InChI=1S/C42H38O12S3/c43-31-3-15-37(16-4-31)55(45,46)39-19-7-33(8-20-39)51-27-1-29-53-35-11-23-41(24-12-35)57(49,50)42-25-13-36(14-26-42)54-30-2-28-52-34-9-21-40(22-10-34)56(47,48)38-17-5-32(44)6-18-38/h3-26,43-44H,1-2,27-30H2. The van der Waals surface area contributed by atoms with Crippen molar-refractivity contribution < 1.29 is 54.4 Å². The van der Waals surface area contributed by atoms with Gasteiger partial charge in [0.2, 0.25) is 29.5 Å². The Kier molecular flexibility index (Phi) is 12.7. The lowest BCUT2D eigenvalue weighted by atomic mass is 10.3. The average molecular weight is 831 g/mol. The molecule has 0 heterocycles. The molecular formula is C42H38O12S3. The van der Waals surface area contributed by atoms with Crippen LogP contribution in [0.5, 0.6) is 34.5 Å². The molecule has 0 unspecified atom stereocenters. The summed E-state index contributed by atoms with van der Waals surface area (Å²) < 4.78 is 101. The molecule has 0 saturated carbocycles. The fourth-order valence-electron chi connectivity index (χ4n) is 5.40. The normalized spacial score (nSPS) is 11.8. The van der Waals surface area contributed by atoms with Crippen LogP contribution in [0.15, 0.2) is 175 Å². The third-order valence-corrected chi connectivity index (χ3v) is 13.8. The molecule has 0 radical (unpaired) electrons. The quantitative estimate of drug-likeness (QED) is 0.0828. The van der Waals surface area contributed by atoms with Gasteiger partial charge in [-0.2, -0.15) is 0 Å². The van der Waals surface area contributed by atoms with Crippen molar-refractivity contribution in [2.24, 2.45) is 0 Å². The minimum atomic E-state index is -3.80. The highest BCUT2D eigenvalue weighted by Crippen LogP contribution is 2.28. The van der Waals surface area contributed by atoms with Crippen LogP contribution in [0.1, 0.15) is 12.8 Å². The zero-order valence-corrected chi connectivity index (χ0v) is 32.8. The number of sulfone groups is 3. The van der Waals surface area contributed by atoms with Gasteiger partial charge in [-0.3, -0.25) is 0 Å². The van der Waals surface area contributed by atoms with Gasteiger partial charge >= 0.3 is 0 Å². The van der Waals surface area contributed by atoms with E-state index in [0.29, 0.717) is 62.3 Å². The Morgan fingerprint density at radius 2 is 0.474 bits per heavy atom. The Labute approximate surface area is 331 Å². The Bertz CT molecular complexity index is 2400. The summed E-state index contributed by atoms with van der Waals surface area (Å²) in [4.78, 5) is 0.551. The average Bonchev–Trinajstić information content (AvgIpc) is 3.21. The van der Waals surface area contributed by atoms with Crippen molar-refractivity contribution >= 4 is 29.5 Å². The van der Waals surface area contributed by atoms with Crippen LogP contribution in [0.25, 0.3) is 0 Å². The minimum Gasteiger partial charge on any atom is -0.508 e. The third-order valence-electron chi connectivity index (χ3n) is 8.48. The maximum absolute atomic E-state index is 13.2. The molecule has 0 spiro atoms. The Morgan fingerprint density at radius 3 is 0.667 bits per heavy atom. The van der Waals surface area contributed by atoms with Crippen molar-refractivity contribution in [2.75, 3.05) is 26.4 Å². The molecule has 12 nitrogen and oxygen atoms in total. The number of benzene rings is 6. The molecule has 0 aromatic heterocycles. The van der Waals surface area contributed by atoms with Crippen molar-refractivity contribution in [3.05, 3.63) is 146 Å². The van der Waals surface area contributed by atoms with Gasteiger partial charge < -0.3 is 29.2 Å². The zero-order chi connectivity index (χ0) is 40.5. The molecule has 0 bridgehead atoms. The molecule has 2 N–H and O–H groups in total. The predicted octanol–water partition coefficient (Wildman–Crippen LogP) is 7.29. The van der Waals surface area contributed by atoms with E-state index in [4.69, 9.17) is 18.9 Å². The second kappa shape index (κ2) is 17.8. The van der Waals surface area contributed by atoms with E-state index >= 15 is 0 Å². The van der Waals surface area contributed by atoms with E-state index in [1.54, 1.807) is 48.5 Å². The highest BCUT2D eigenvalue weighted by Gasteiger charge is 2.20. The molecular weight excluding hydrogens is 793 g/mol. The summed E-state index contributed by atoms with van der Waals surface area (Å²) in [7, 11) is -11.3. The summed E-state index contributed by atoms with van der Waals surface area (Å²) in [6.07, 6.45) is 1.03. The lowest BCUT2D eigenvalue weighted by molar-refractivity contribution is 0.247. The van der Waals surface area contributed by atoms with Crippen molar-refractivity contribution in [3.8, 4) is 34.5 Å². The van der Waals surface area contributed by atoms with Crippen molar-refractivity contribution in [1.82, 2.24) is 0 Å². The topological polar surface area (TPSA) is 180 Å². The second-order valence-corrected chi connectivity index (χ2v) is 18.3. The Balaban J connectivity index is 0.894. The van der Waals surface area contributed by atoms with E-state index in [1.165, 1.54) is 97.1 Å². The summed E-state index contributed by atoms with van der Waals surface area (Å²) in [6.45, 7) is 1.21. The summed E-state index contributed by atoms with van der Waals surface area (Å²) in [5.41, 5.74) is 0. The van der Waals surface area contributed by atoms with Gasteiger partial charge in [0.1, 0.15) is 34.5 Å². The van der Waals surface area contributed by atoms with Crippen LogP contribution < -0.4 is 18.9 Å². The van der Waals surface area contributed by atoms with Crippen LogP contribution in [0, 0.1) is 0 Å². The number of ether oxygens (including phenoxy) is 4. The highest BCUT2D eigenvalue weighted by atomic mass is 32.2. The van der Waals surface area contributed by atoms with Crippen LogP contribution in [0.4, 0.5) is 0 Å². The van der Waals surface area contributed by atoms with Crippen molar-refractivity contribution in [3.63, 3.8) is 0 Å². The van der Waals surface area contributed by atoms with Gasteiger partial charge in [0.05, 0.1) is 55.8 Å². The number of aromatic hydroxyl groups is 2. The fraction of sp³-hybridized carbons (Fsp3) is 0.143. The molecule has 296 valence electrons. The van der Waals surface area contributed by atoms with E-state index in [-0.39, 0.29) is 40.9 Å².